The van der Waals surface area contributed by atoms with Crippen LogP contribution in [0.25, 0.3) is 0 Å². The molecule has 0 radical (unpaired) electrons. The fourth-order valence-corrected chi connectivity index (χ4v) is 3.48. The van der Waals surface area contributed by atoms with Crippen LogP contribution in [0.15, 0.2) is 22.7 Å². The van der Waals surface area contributed by atoms with Crippen molar-refractivity contribution in [3.8, 4) is 0 Å². The molecule has 1 aromatic carbocycles. The first-order valence-electron chi connectivity index (χ1n) is 6.63. The summed E-state index contributed by atoms with van der Waals surface area (Å²) in [5, 5.41) is 9.49. The molecule has 0 bridgehead atoms. The van der Waals surface area contributed by atoms with Crippen molar-refractivity contribution in [2.45, 2.75) is 25.5 Å². The molecule has 2 fully saturated rings. The third-order valence-electron chi connectivity index (χ3n) is 4.05. The number of piperazine rings is 1. The fourth-order valence-electron chi connectivity index (χ4n) is 3.07. The van der Waals surface area contributed by atoms with E-state index in [-0.39, 0.29) is 6.61 Å². The number of halogens is 1. The van der Waals surface area contributed by atoms with Crippen molar-refractivity contribution < 1.29 is 9.90 Å². The molecule has 5 heteroatoms. The van der Waals surface area contributed by atoms with E-state index in [0.717, 1.165) is 41.8 Å². The first kappa shape index (κ1) is 12.9. The third kappa shape index (κ3) is 2.37. The first-order chi connectivity index (χ1) is 9.19. The summed E-state index contributed by atoms with van der Waals surface area (Å²) in [5.41, 5.74) is 2.02. The Balaban J connectivity index is 1.82. The number of hydrogen-bond donors (Lipinski definition) is 1. The average molecular weight is 325 g/mol. The normalized spacial score (nSPS) is 22.8. The van der Waals surface area contributed by atoms with Crippen molar-refractivity contribution in [2.24, 2.45) is 0 Å². The Kier molecular flexibility index (Phi) is 3.50. The highest BCUT2D eigenvalue weighted by Crippen LogP contribution is 2.30. The van der Waals surface area contributed by atoms with Crippen molar-refractivity contribution in [2.75, 3.05) is 24.5 Å². The summed E-state index contributed by atoms with van der Waals surface area (Å²) >= 11 is 3.43. The number of amides is 1. The van der Waals surface area contributed by atoms with Crippen molar-refractivity contribution >= 4 is 27.5 Å². The highest BCUT2D eigenvalue weighted by atomic mass is 79.9. The van der Waals surface area contributed by atoms with E-state index >= 15 is 0 Å². The quantitative estimate of drug-likeness (QED) is 0.901. The zero-order valence-corrected chi connectivity index (χ0v) is 12.3. The van der Waals surface area contributed by atoms with E-state index in [1.54, 1.807) is 0 Å². The molecule has 3 rings (SSSR count). The maximum absolute atomic E-state index is 11.7. The molecule has 0 aliphatic carbocycles. The van der Waals surface area contributed by atoms with Gasteiger partial charge in [-0.2, -0.15) is 0 Å². The lowest BCUT2D eigenvalue weighted by molar-refractivity contribution is -0.129. The third-order valence-corrected chi connectivity index (χ3v) is 4.54. The molecule has 2 heterocycles. The van der Waals surface area contributed by atoms with Crippen LogP contribution >= 0.6 is 15.9 Å². The topological polar surface area (TPSA) is 43.8 Å². The molecule has 1 N–H and O–H groups in total. The van der Waals surface area contributed by atoms with Gasteiger partial charge in [-0.3, -0.25) is 4.79 Å². The molecule has 1 amide bonds. The zero-order valence-electron chi connectivity index (χ0n) is 10.7. The molecular weight excluding hydrogens is 308 g/mol. The smallest absolute Gasteiger partial charge is 0.223 e. The lowest BCUT2D eigenvalue weighted by Gasteiger charge is -2.39. The number of rotatable bonds is 2. The van der Waals surface area contributed by atoms with Gasteiger partial charge in [-0.15, -0.1) is 0 Å². The van der Waals surface area contributed by atoms with Gasteiger partial charge in [-0.1, -0.05) is 15.9 Å². The Labute approximate surface area is 121 Å². The molecule has 2 aliphatic rings. The van der Waals surface area contributed by atoms with Gasteiger partial charge in [0, 0.05) is 47.8 Å². The van der Waals surface area contributed by atoms with Crippen LogP contribution in [0.5, 0.6) is 0 Å². The standard InChI is InChI=1S/C14H17BrN2O2/c15-11-1-3-13(10(7-11)9-18)16-5-6-17-12(8-16)2-4-14(17)19/h1,3,7,12,18H,2,4-6,8-9H2. The molecular formula is C14H17BrN2O2. The van der Waals surface area contributed by atoms with Gasteiger partial charge in [-0.25, -0.2) is 0 Å². The zero-order chi connectivity index (χ0) is 13.4. The number of aliphatic hydroxyl groups excluding tert-OH is 1. The van der Waals surface area contributed by atoms with Gasteiger partial charge in [0.15, 0.2) is 0 Å². The Morgan fingerprint density at radius 1 is 1.37 bits per heavy atom. The van der Waals surface area contributed by atoms with Gasteiger partial charge in [0.1, 0.15) is 0 Å². The van der Waals surface area contributed by atoms with Crippen LogP contribution in [0.3, 0.4) is 0 Å². The number of anilines is 1. The van der Waals surface area contributed by atoms with E-state index in [1.807, 2.05) is 23.1 Å². The van der Waals surface area contributed by atoms with Crippen LogP contribution in [0, 0.1) is 0 Å². The van der Waals surface area contributed by atoms with Crippen LogP contribution in [0.1, 0.15) is 18.4 Å². The summed E-state index contributed by atoms with van der Waals surface area (Å²) in [5.74, 6) is 0.294. The van der Waals surface area contributed by atoms with Crippen LogP contribution in [-0.2, 0) is 11.4 Å². The second kappa shape index (κ2) is 5.13. The molecule has 0 aromatic heterocycles. The SMILES string of the molecule is O=C1CCC2CN(c3ccc(Br)cc3CO)CCN12. The number of fused-ring (bicyclic) bond motifs is 1. The maximum Gasteiger partial charge on any atom is 0.223 e. The fraction of sp³-hybridized carbons (Fsp3) is 0.500. The minimum Gasteiger partial charge on any atom is -0.392 e. The summed E-state index contributed by atoms with van der Waals surface area (Å²) in [6, 6.07) is 6.35. The number of carbonyl (C=O) groups is 1. The number of benzene rings is 1. The number of hydrogen-bond acceptors (Lipinski definition) is 3. The van der Waals surface area contributed by atoms with E-state index < -0.39 is 0 Å². The molecule has 1 unspecified atom stereocenters. The molecule has 19 heavy (non-hydrogen) atoms. The monoisotopic (exact) mass is 324 g/mol. The van der Waals surface area contributed by atoms with E-state index in [1.165, 1.54) is 0 Å². The molecule has 4 nitrogen and oxygen atoms in total. The summed E-state index contributed by atoms with van der Waals surface area (Å²) in [7, 11) is 0. The summed E-state index contributed by atoms with van der Waals surface area (Å²) in [6.45, 7) is 2.56. The highest BCUT2D eigenvalue weighted by molar-refractivity contribution is 9.10. The van der Waals surface area contributed by atoms with Gasteiger partial charge in [0.2, 0.25) is 5.91 Å². The van der Waals surface area contributed by atoms with Crippen LogP contribution in [-0.4, -0.2) is 41.6 Å². The molecule has 102 valence electrons. The van der Waals surface area contributed by atoms with Crippen molar-refractivity contribution in [3.05, 3.63) is 28.2 Å². The number of aliphatic hydroxyl groups is 1. The molecule has 1 aromatic rings. The minimum absolute atomic E-state index is 0.0403. The van der Waals surface area contributed by atoms with Gasteiger partial charge in [0.25, 0.3) is 0 Å². The van der Waals surface area contributed by atoms with Crippen molar-refractivity contribution in [1.29, 1.82) is 0 Å². The summed E-state index contributed by atoms with van der Waals surface area (Å²) in [4.78, 5) is 16.0. The largest absolute Gasteiger partial charge is 0.392 e. The molecule has 2 saturated heterocycles. The lowest BCUT2D eigenvalue weighted by Crippen LogP contribution is -2.51. The van der Waals surface area contributed by atoms with Crippen molar-refractivity contribution in [1.82, 2.24) is 4.90 Å². The second-order valence-electron chi connectivity index (χ2n) is 5.16. The first-order valence-corrected chi connectivity index (χ1v) is 7.42. The summed E-state index contributed by atoms with van der Waals surface area (Å²) in [6.07, 6.45) is 1.64. The lowest BCUT2D eigenvalue weighted by atomic mass is 10.1. The minimum atomic E-state index is 0.0403. The Morgan fingerprint density at radius 3 is 3.00 bits per heavy atom. The van der Waals surface area contributed by atoms with Crippen LogP contribution in [0.4, 0.5) is 5.69 Å². The Morgan fingerprint density at radius 2 is 2.21 bits per heavy atom. The van der Waals surface area contributed by atoms with Crippen LogP contribution < -0.4 is 4.90 Å². The van der Waals surface area contributed by atoms with Crippen LogP contribution in [0.2, 0.25) is 0 Å². The number of nitrogens with zero attached hydrogens (tertiary/aromatic N) is 2. The van der Waals surface area contributed by atoms with Crippen molar-refractivity contribution in [3.63, 3.8) is 0 Å². The Bertz CT molecular complexity index is 506. The molecule has 2 aliphatic heterocycles. The van der Waals surface area contributed by atoms with Gasteiger partial charge in [-0.05, 0) is 24.6 Å². The molecule has 0 spiro atoms. The predicted octanol–water partition coefficient (Wildman–Crippen LogP) is 1.75. The van der Waals surface area contributed by atoms with Gasteiger partial charge >= 0.3 is 0 Å². The second-order valence-corrected chi connectivity index (χ2v) is 6.07. The Hall–Kier alpha value is -1.07. The predicted molar refractivity (Wildman–Crippen MR) is 77.0 cm³/mol. The average Bonchev–Trinajstić information content (AvgIpc) is 2.79. The van der Waals surface area contributed by atoms with Gasteiger partial charge < -0.3 is 14.9 Å². The highest BCUT2D eigenvalue weighted by Gasteiger charge is 2.35. The molecule has 1 atom stereocenters. The number of carbonyl (C=O) groups excluding carboxylic acids is 1. The molecule has 0 saturated carbocycles. The maximum atomic E-state index is 11.7. The van der Waals surface area contributed by atoms with E-state index in [9.17, 15) is 9.90 Å². The van der Waals surface area contributed by atoms with Gasteiger partial charge in [0.05, 0.1) is 6.61 Å². The van der Waals surface area contributed by atoms with E-state index in [4.69, 9.17) is 0 Å². The van der Waals surface area contributed by atoms with E-state index in [2.05, 4.69) is 20.8 Å². The van der Waals surface area contributed by atoms with E-state index in [0.29, 0.717) is 18.4 Å². The summed E-state index contributed by atoms with van der Waals surface area (Å²) < 4.78 is 0.981.